The van der Waals surface area contributed by atoms with Crippen molar-refractivity contribution < 1.29 is 17.2 Å². The Bertz CT molecular complexity index is 569. The Morgan fingerprint density at radius 2 is 2.00 bits per heavy atom. The van der Waals surface area contributed by atoms with E-state index in [0.29, 0.717) is 19.4 Å². The van der Waals surface area contributed by atoms with Crippen molar-refractivity contribution in [2.45, 2.75) is 30.2 Å². The summed E-state index contributed by atoms with van der Waals surface area (Å²) in [6.45, 7) is 0.469. The van der Waals surface area contributed by atoms with Gasteiger partial charge in [-0.2, -0.15) is 4.31 Å². The lowest BCUT2D eigenvalue weighted by Gasteiger charge is -2.33. The molecule has 1 aliphatic heterocycles. The maximum absolute atomic E-state index is 13.7. The van der Waals surface area contributed by atoms with Gasteiger partial charge in [-0.05, 0) is 25.0 Å². The van der Waals surface area contributed by atoms with Gasteiger partial charge in [0.2, 0.25) is 10.0 Å². The zero-order chi connectivity index (χ0) is 14.0. The number of halogens is 3. The molecule has 1 aliphatic rings. The standard InChI is InChI=1S/C12H16F2N2O2S.ClH/c13-10-5-3-6-11(12(10)14)19(17,18)16-7-2-1-4-9(16)8-15;/h3,5-6,9H,1-2,4,7-8,15H2;1H. The molecule has 0 aromatic heterocycles. The van der Waals surface area contributed by atoms with Crippen molar-refractivity contribution in [1.29, 1.82) is 0 Å². The van der Waals surface area contributed by atoms with E-state index in [-0.39, 0.29) is 25.0 Å². The normalized spacial score (nSPS) is 20.4. The fraction of sp³-hybridized carbons (Fsp3) is 0.500. The molecule has 0 radical (unpaired) electrons. The first-order valence-corrected chi connectivity index (χ1v) is 7.58. The predicted octanol–water partition coefficient (Wildman–Crippen LogP) is 1.89. The van der Waals surface area contributed by atoms with Gasteiger partial charge in [0.05, 0.1) is 0 Å². The van der Waals surface area contributed by atoms with Crippen LogP contribution in [0.2, 0.25) is 0 Å². The van der Waals surface area contributed by atoms with Crippen LogP contribution in [0.15, 0.2) is 23.1 Å². The van der Waals surface area contributed by atoms with Crippen molar-refractivity contribution in [3.63, 3.8) is 0 Å². The highest BCUT2D eigenvalue weighted by molar-refractivity contribution is 7.89. The molecule has 0 aliphatic carbocycles. The van der Waals surface area contributed by atoms with Crippen molar-refractivity contribution in [1.82, 2.24) is 4.31 Å². The second-order valence-corrected chi connectivity index (χ2v) is 6.41. The molecular formula is C12H17ClF2N2O2S. The highest BCUT2D eigenvalue weighted by atomic mass is 35.5. The topological polar surface area (TPSA) is 63.4 Å². The Morgan fingerprint density at radius 1 is 1.30 bits per heavy atom. The van der Waals surface area contributed by atoms with E-state index in [1.807, 2.05) is 0 Å². The van der Waals surface area contributed by atoms with Crippen LogP contribution in [0.3, 0.4) is 0 Å². The molecule has 1 atom stereocenters. The molecule has 1 heterocycles. The maximum atomic E-state index is 13.7. The van der Waals surface area contributed by atoms with Crippen LogP contribution in [-0.2, 0) is 10.0 Å². The molecule has 2 N–H and O–H groups in total. The minimum absolute atomic E-state index is 0. The first-order chi connectivity index (χ1) is 8.98. The number of hydrogen-bond donors (Lipinski definition) is 1. The van der Waals surface area contributed by atoms with E-state index >= 15 is 0 Å². The van der Waals surface area contributed by atoms with Gasteiger partial charge in [0.15, 0.2) is 11.6 Å². The highest BCUT2D eigenvalue weighted by Crippen LogP contribution is 2.27. The monoisotopic (exact) mass is 326 g/mol. The SMILES string of the molecule is Cl.NCC1CCCCN1S(=O)(=O)c1cccc(F)c1F. The number of benzene rings is 1. The summed E-state index contributed by atoms with van der Waals surface area (Å²) in [5, 5.41) is 0. The summed E-state index contributed by atoms with van der Waals surface area (Å²) in [5.74, 6) is -2.49. The Kier molecular flexibility index (Phi) is 5.88. The summed E-state index contributed by atoms with van der Waals surface area (Å²) < 4.78 is 52.8. The third-order valence-electron chi connectivity index (χ3n) is 3.35. The summed E-state index contributed by atoms with van der Waals surface area (Å²) in [7, 11) is -4.04. The molecule has 4 nitrogen and oxygen atoms in total. The summed E-state index contributed by atoms with van der Waals surface area (Å²) in [5.41, 5.74) is 5.56. The average Bonchev–Trinajstić information content (AvgIpc) is 2.41. The quantitative estimate of drug-likeness (QED) is 0.922. The van der Waals surface area contributed by atoms with Crippen molar-refractivity contribution in [2.75, 3.05) is 13.1 Å². The van der Waals surface area contributed by atoms with E-state index in [9.17, 15) is 17.2 Å². The summed E-state index contributed by atoms with van der Waals surface area (Å²) in [6, 6.07) is 2.81. The van der Waals surface area contributed by atoms with Crippen molar-refractivity contribution in [3.8, 4) is 0 Å². The largest absolute Gasteiger partial charge is 0.329 e. The number of sulfonamides is 1. The molecule has 20 heavy (non-hydrogen) atoms. The fourth-order valence-corrected chi connectivity index (χ4v) is 4.12. The van der Waals surface area contributed by atoms with E-state index in [1.165, 1.54) is 10.4 Å². The Hall–Kier alpha value is -0.760. The van der Waals surface area contributed by atoms with Crippen LogP contribution < -0.4 is 5.73 Å². The lowest BCUT2D eigenvalue weighted by molar-refractivity contribution is 0.256. The second kappa shape index (κ2) is 6.80. The molecule has 2 rings (SSSR count). The molecule has 1 aromatic rings. The van der Waals surface area contributed by atoms with Crippen LogP contribution in [0.1, 0.15) is 19.3 Å². The predicted molar refractivity (Wildman–Crippen MR) is 74.2 cm³/mol. The van der Waals surface area contributed by atoms with Crippen LogP contribution in [0.4, 0.5) is 8.78 Å². The van der Waals surface area contributed by atoms with Gasteiger partial charge in [-0.15, -0.1) is 12.4 Å². The molecule has 8 heteroatoms. The average molecular weight is 327 g/mol. The lowest BCUT2D eigenvalue weighted by atomic mass is 10.1. The van der Waals surface area contributed by atoms with Crippen LogP contribution >= 0.6 is 12.4 Å². The molecule has 114 valence electrons. The maximum Gasteiger partial charge on any atom is 0.246 e. The zero-order valence-corrected chi connectivity index (χ0v) is 12.4. The van der Waals surface area contributed by atoms with E-state index in [4.69, 9.17) is 5.73 Å². The van der Waals surface area contributed by atoms with Gasteiger partial charge in [-0.1, -0.05) is 12.5 Å². The van der Waals surface area contributed by atoms with Crippen molar-refractivity contribution in [3.05, 3.63) is 29.8 Å². The van der Waals surface area contributed by atoms with Crippen LogP contribution in [-0.4, -0.2) is 31.9 Å². The number of piperidine rings is 1. The number of rotatable bonds is 3. The molecule has 1 fully saturated rings. The van der Waals surface area contributed by atoms with Gasteiger partial charge < -0.3 is 5.73 Å². The molecule has 1 saturated heterocycles. The third-order valence-corrected chi connectivity index (χ3v) is 5.32. The summed E-state index contributed by atoms with van der Waals surface area (Å²) in [4.78, 5) is -0.618. The molecule has 0 amide bonds. The zero-order valence-electron chi connectivity index (χ0n) is 10.8. The smallest absolute Gasteiger partial charge is 0.246 e. The highest BCUT2D eigenvalue weighted by Gasteiger charge is 2.34. The van der Waals surface area contributed by atoms with Crippen molar-refractivity contribution in [2.24, 2.45) is 5.73 Å². The minimum atomic E-state index is -4.04. The van der Waals surface area contributed by atoms with Gasteiger partial charge in [-0.3, -0.25) is 0 Å². The molecule has 0 saturated carbocycles. The lowest BCUT2D eigenvalue weighted by Crippen LogP contribution is -2.47. The van der Waals surface area contributed by atoms with Crippen LogP contribution in [0.5, 0.6) is 0 Å². The van der Waals surface area contributed by atoms with Gasteiger partial charge in [0.25, 0.3) is 0 Å². The van der Waals surface area contributed by atoms with Crippen LogP contribution in [0.25, 0.3) is 0 Å². The third kappa shape index (κ3) is 3.11. The Morgan fingerprint density at radius 3 is 2.65 bits per heavy atom. The van der Waals surface area contributed by atoms with E-state index in [0.717, 1.165) is 18.6 Å². The Labute approximate surface area is 123 Å². The van der Waals surface area contributed by atoms with Gasteiger partial charge in [0.1, 0.15) is 4.90 Å². The first-order valence-electron chi connectivity index (χ1n) is 6.14. The molecule has 0 bridgehead atoms. The van der Waals surface area contributed by atoms with E-state index in [1.54, 1.807) is 0 Å². The fourth-order valence-electron chi connectivity index (χ4n) is 2.34. The molecule has 1 aromatic carbocycles. The first kappa shape index (κ1) is 17.3. The number of hydrogen-bond acceptors (Lipinski definition) is 3. The van der Waals surface area contributed by atoms with Crippen molar-refractivity contribution >= 4 is 22.4 Å². The van der Waals surface area contributed by atoms with Gasteiger partial charge >= 0.3 is 0 Å². The van der Waals surface area contributed by atoms with Gasteiger partial charge in [-0.25, -0.2) is 17.2 Å². The van der Waals surface area contributed by atoms with Crippen LogP contribution in [0, 0.1) is 11.6 Å². The summed E-state index contributed by atoms with van der Waals surface area (Å²) >= 11 is 0. The molecule has 0 spiro atoms. The minimum Gasteiger partial charge on any atom is -0.329 e. The molecular weight excluding hydrogens is 310 g/mol. The number of nitrogens with zero attached hydrogens (tertiary/aromatic N) is 1. The van der Waals surface area contributed by atoms with Gasteiger partial charge in [0, 0.05) is 19.1 Å². The number of nitrogens with two attached hydrogens (primary N) is 1. The molecule has 1 unspecified atom stereocenters. The summed E-state index contributed by atoms with van der Waals surface area (Å²) in [6.07, 6.45) is 2.23. The second-order valence-electron chi connectivity index (χ2n) is 4.55. The van der Waals surface area contributed by atoms with E-state index in [2.05, 4.69) is 0 Å². The van der Waals surface area contributed by atoms with E-state index < -0.39 is 26.6 Å². The Balaban J connectivity index is 0.00000200.